The SMILES string of the molecule is CC1CC(C)(C)CC1NC1CCCCC1CO. The first-order valence-corrected chi connectivity index (χ1v) is 7.39. The van der Waals surface area contributed by atoms with Crippen molar-refractivity contribution in [3.63, 3.8) is 0 Å². The fourth-order valence-electron chi connectivity index (χ4n) is 4.04. The van der Waals surface area contributed by atoms with Crippen LogP contribution in [0.1, 0.15) is 59.3 Å². The lowest BCUT2D eigenvalue weighted by atomic mass is 9.84. The summed E-state index contributed by atoms with van der Waals surface area (Å²) < 4.78 is 0. The molecule has 0 saturated heterocycles. The Hall–Kier alpha value is -0.0800. The molecule has 0 aliphatic heterocycles. The van der Waals surface area contributed by atoms with E-state index in [4.69, 9.17) is 0 Å². The van der Waals surface area contributed by atoms with Crippen LogP contribution < -0.4 is 5.32 Å². The number of aliphatic hydroxyl groups excluding tert-OH is 1. The summed E-state index contributed by atoms with van der Waals surface area (Å²) in [7, 11) is 0. The van der Waals surface area contributed by atoms with Crippen molar-refractivity contribution in [1.29, 1.82) is 0 Å². The lowest BCUT2D eigenvalue weighted by molar-refractivity contribution is 0.141. The van der Waals surface area contributed by atoms with Gasteiger partial charge in [0.2, 0.25) is 0 Å². The van der Waals surface area contributed by atoms with Crippen molar-refractivity contribution >= 4 is 0 Å². The Morgan fingerprint density at radius 2 is 1.82 bits per heavy atom. The van der Waals surface area contributed by atoms with E-state index in [1.54, 1.807) is 0 Å². The lowest BCUT2D eigenvalue weighted by Gasteiger charge is -2.34. The Bertz CT molecular complexity index is 251. The normalized spacial score (nSPS) is 41.6. The Kier molecular flexibility index (Phi) is 4.14. The van der Waals surface area contributed by atoms with E-state index in [0.29, 0.717) is 30.0 Å². The van der Waals surface area contributed by atoms with Crippen molar-refractivity contribution in [2.24, 2.45) is 17.3 Å². The molecule has 4 atom stereocenters. The first-order valence-electron chi connectivity index (χ1n) is 7.39. The Labute approximate surface area is 106 Å². The summed E-state index contributed by atoms with van der Waals surface area (Å²) in [5, 5.41) is 13.3. The van der Waals surface area contributed by atoms with Gasteiger partial charge in [0.15, 0.2) is 0 Å². The average Bonchev–Trinajstić information content (AvgIpc) is 2.52. The fraction of sp³-hybridized carbons (Fsp3) is 1.00. The van der Waals surface area contributed by atoms with Crippen LogP contribution in [-0.4, -0.2) is 23.8 Å². The van der Waals surface area contributed by atoms with Gasteiger partial charge >= 0.3 is 0 Å². The number of hydrogen-bond donors (Lipinski definition) is 2. The van der Waals surface area contributed by atoms with E-state index >= 15 is 0 Å². The van der Waals surface area contributed by atoms with Gasteiger partial charge < -0.3 is 10.4 Å². The van der Waals surface area contributed by atoms with Gasteiger partial charge in [0, 0.05) is 18.7 Å². The molecule has 0 aromatic rings. The van der Waals surface area contributed by atoms with Crippen LogP contribution in [0, 0.1) is 17.3 Å². The zero-order valence-electron chi connectivity index (χ0n) is 11.7. The van der Waals surface area contributed by atoms with E-state index in [9.17, 15) is 5.11 Å². The standard InChI is InChI=1S/C15H29NO/c1-11-8-15(2,3)9-14(11)16-13-7-5-4-6-12(13)10-17/h11-14,16-17H,4-10H2,1-3H3. The second-order valence-electron chi connectivity index (χ2n) is 7.16. The molecule has 0 radical (unpaired) electrons. The minimum Gasteiger partial charge on any atom is -0.396 e. The summed E-state index contributed by atoms with van der Waals surface area (Å²) in [5.41, 5.74) is 0.500. The number of aliphatic hydroxyl groups is 1. The van der Waals surface area contributed by atoms with Crippen molar-refractivity contribution in [3.8, 4) is 0 Å². The maximum atomic E-state index is 9.46. The molecule has 2 N–H and O–H groups in total. The molecular weight excluding hydrogens is 210 g/mol. The zero-order valence-corrected chi connectivity index (χ0v) is 11.7. The summed E-state index contributed by atoms with van der Waals surface area (Å²) in [6, 6.07) is 1.23. The van der Waals surface area contributed by atoms with Gasteiger partial charge in [-0.2, -0.15) is 0 Å². The number of rotatable bonds is 3. The quantitative estimate of drug-likeness (QED) is 0.793. The number of hydrogen-bond acceptors (Lipinski definition) is 2. The molecule has 17 heavy (non-hydrogen) atoms. The minimum absolute atomic E-state index is 0.363. The van der Waals surface area contributed by atoms with Gasteiger partial charge in [0.25, 0.3) is 0 Å². The molecule has 0 amide bonds. The van der Waals surface area contributed by atoms with E-state index in [1.165, 1.54) is 38.5 Å². The highest BCUT2D eigenvalue weighted by atomic mass is 16.3. The summed E-state index contributed by atoms with van der Waals surface area (Å²) in [4.78, 5) is 0. The molecule has 2 fully saturated rings. The van der Waals surface area contributed by atoms with Crippen LogP contribution in [-0.2, 0) is 0 Å². The van der Waals surface area contributed by atoms with Gasteiger partial charge in [-0.25, -0.2) is 0 Å². The Balaban J connectivity index is 1.91. The van der Waals surface area contributed by atoms with Crippen LogP contribution in [0.5, 0.6) is 0 Å². The third kappa shape index (κ3) is 3.23. The maximum absolute atomic E-state index is 9.46. The molecule has 2 saturated carbocycles. The second-order valence-corrected chi connectivity index (χ2v) is 7.16. The molecule has 0 spiro atoms. The van der Waals surface area contributed by atoms with E-state index < -0.39 is 0 Å². The van der Waals surface area contributed by atoms with Crippen molar-refractivity contribution in [2.45, 2.75) is 71.4 Å². The Morgan fingerprint density at radius 1 is 1.12 bits per heavy atom. The summed E-state index contributed by atoms with van der Waals surface area (Å²) in [6.07, 6.45) is 7.73. The van der Waals surface area contributed by atoms with Crippen molar-refractivity contribution in [1.82, 2.24) is 5.32 Å². The van der Waals surface area contributed by atoms with Gasteiger partial charge in [0.05, 0.1) is 0 Å². The van der Waals surface area contributed by atoms with Gasteiger partial charge in [-0.3, -0.25) is 0 Å². The van der Waals surface area contributed by atoms with Gasteiger partial charge in [0.1, 0.15) is 0 Å². The molecule has 0 aromatic carbocycles. The van der Waals surface area contributed by atoms with Crippen LogP contribution in [0.25, 0.3) is 0 Å². The molecule has 2 aliphatic carbocycles. The lowest BCUT2D eigenvalue weighted by Crippen LogP contribution is -2.46. The van der Waals surface area contributed by atoms with Crippen molar-refractivity contribution in [2.75, 3.05) is 6.61 Å². The molecule has 2 aliphatic rings. The van der Waals surface area contributed by atoms with Crippen LogP contribution in [0.15, 0.2) is 0 Å². The third-order valence-electron chi connectivity index (χ3n) is 4.91. The molecule has 0 aromatic heterocycles. The third-order valence-corrected chi connectivity index (χ3v) is 4.91. The van der Waals surface area contributed by atoms with Crippen molar-refractivity contribution in [3.05, 3.63) is 0 Å². The van der Waals surface area contributed by atoms with Crippen LogP contribution in [0.2, 0.25) is 0 Å². The molecule has 100 valence electrons. The molecular formula is C15H29NO. The fourth-order valence-corrected chi connectivity index (χ4v) is 4.04. The monoisotopic (exact) mass is 239 g/mol. The van der Waals surface area contributed by atoms with E-state index in [0.717, 1.165) is 5.92 Å². The van der Waals surface area contributed by atoms with E-state index in [2.05, 4.69) is 26.1 Å². The zero-order chi connectivity index (χ0) is 12.5. The molecule has 2 nitrogen and oxygen atoms in total. The van der Waals surface area contributed by atoms with Gasteiger partial charge in [-0.1, -0.05) is 33.6 Å². The minimum atomic E-state index is 0.363. The smallest absolute Gasteiger partial charge is 0.0474 e. The summed E-state index contributed by atoms with van der Waals surface area (Å²) >= 11 is 0. The molecule has 2 rings (SSSR count). The molecule has 0 bridgehead atoms. The predicted molar refractivity (Wildman–Crippen MR) is 71.9 cm³/mol. The average molecular weight is 239 g/mol. The first kappa shape index (κ1) is 13.4. The Morgan fingerprint density at radius 3 is 2.41 bits per heavy atom. The highest BCUT2D eigenvalue weighted by Crippen LogP contribution is 2.41. The molecule has 0 heterocycles. The highest BCUT2D eigenvalue weighted by molar-refractivity contribution is 4.94. The number of nitrogens with one attached hydrogen (secondary N) is 1. The van der Waals surface area contributed by atoms with Crippen LogP contribution >= 0.6 is 0 Å². The molecule has 2 heteroatoms. The van der Waals surface area contributed by atoms with Gasteiger partial charge in [-0.15, -0.1) is 0 Å². The van der Waals surface area contributed by atoms with Gasteiger partial charge in [-0.05, 0) is 42.9 Å². The molecule has 4 unspecified atom stereocenters. The van der Waals surface area contributed by atoms with Crippen molar-refractivity contribution < 1.29 is 5.11 Å². The first-order chi connectivity index (χ1) is 8.02. The maximum Gasteiger partial charge on any atom is 0.0474 e. The second kappa shape index (κ2) is 5.27. The van der Waals surface area contributed by atoms with Crippen LogP contribution in [0.3, 0.4) is 0 Å². The van der Waals surface area contributed by atoms with Crippen LogP contribution in [0.4, 0.5) is 0 Å². The topological polar surface area (TPSA) is 32.3 Å². The largest absolute Gasteiger partial charge is 0.396 e. The summed E-state index contributed by atoms with van der Waals surface area (Å²) in [6.45, 7) is 7.51. The van der Waals surface area contributed by atoms with E-state index in [1.807, 2.05) is 0 Å². The summed E-state index contributed by atoms with van der Waals surface area (Å²) in [5.74, 6) is 1.28. The highest BCUT2D eigenvalue weighted by Gasteiger charge is 2.38. The van der Waals surface area contributed by atoms with E-state index in [-0.39, 0.29) is 0 Å². The predicted octanol–water partition coefficient (Wildman–Crippen LogP) is 2.95.